The summed E-state index contributed by atoms with van der Waals surface area (Å²) in [6.45, 7) is 1.84. The van der Waals surface area contributed by atoms with Crippen LogP contribution in [0, 0.1) is 18.3 Å². The van der Waals surface area contributed by atoms with E-state index in [-0.39, 0.29) is 15.5 Å². The van der Waals surface area contributed by atoms with Crippen molar-refractivity contribution < 1.29 is 8.42 Å². The van der Waals surface area contributed by atoms with E-state index in [0.29, 0.717) is 5.69 Å². The van der Waals surface area contributed by atoms with Crippen LogP contribution in [0.25, 0.3) is 0 Å². The molecule has 108 valence electrons. The zero-order chi connectivity index (χ0) is 15.6. The molecule has 6 heteroatoms. The number of sulfonamides is 1. The molecule has 0 aliphatic heterocycles. The summed E-state index contributed by atoms with van der Waals surface area (Å²) in [4.78, 5) is 0.0530. The fraction of sp³-hybridized carbons (Fsp3) is 0.133. The second kappa shape index (κ2) is 5.76. The molecule has 0 amide bonds. The first-order valence-electron chi connectivity index (χ1n) is 6.12. The molecule has 21 heavy (non-hydrogen) atoms. The summed E-state index contributed by atoms with van der Waals surface area (Å²) in [5, 5.41) is 8.96. The third-order valence-corrected chi connectivity index (χ3v) is 5.25. The summed E-state index contributed by atoms with van der Waals surface area (Å²) in [5.41, 5.74) is 1.69. The van der Waals surface area contributed by atoms with Crippen molar-refractivity contribution >= 4 is 27.3 Å². The van der Waals surface area contributed by atoms with Gasteiger partial charge < -0.3 is 0 Å². The third-order valence-electron chi connectivity index (χ3n) is 3.17. The maximum absolute atomic E-state index is 12.6. The minimum absolute atomic E-state index is 0.0530. The number of hydrogen-bond donors (Lipinski definition) is 0. The van der Waals surface area contributed by atoms with Gasteiger partial charge in [0.25, 0.3) is 10.0 Å². The molecule has 0 saturated carbocycles. The minimum atomic E-state index is -3.72. The van der Waals surface area contributed by atoms with Gasteiger partial charge in [-0.2, -0.15) is 5.26 Å². The molecular formula is C15H13ClN2O2S. The van der Waals surface area contributed by atoms with Gasteiger partial charge in [-0.25, -0.2) is 8.42 Å². The van der Waals surface area contributed by atoms with Gasteiger partial charge in [0.2, 0.25) is 0 Å². The molecule has 0 heterocycles. The lowest BCUT2D eigenvalue weighted by molar-refractivity contribution is 0.594. The van der Waals surface area contributed by atoms with Crippen LogP contribution in [0.3, 0.4) is 0 Å². The van der Waals surface area contributed by atoms with Gasteiger partial charge in [-0.3, -0.25) is 4.31 Å². The number of nitrogens with zero attached hydrogens (tertiary/aromatic N) is 2. The molecule has 0 spiro atoms. The van der Waals surface area contributed by atoms with Crippen molar-refractivity contribution in [3.63, 3.8) is 0 Å². The van der Waals surface area contributed by atoms with Crippen molar-refractivity contribution in [3.05, 3.63) is 58.6 Å². The number of benzene rings is 2. The SMILES string of the molecule is Cc1ccccc1N(C)S(=O)(=O)c1ccc(C#N)c(Cl)c1. The lowest BCUT2D eigenvalue weighted by Gasteiger charge is -2.21. The molecule has 0 aliphatic carbocycles. The zero-order valence-corrected chi connectivity index (χ0v) is 13.1. The van der Waals surface area contributed by atoms with E-state index >= 15 is 0 Å². The van der Waals surface area contributed by atoms with Crippen molar-refractivity contribution in [2.45, 2.75) is 11.8 Å². The number of nitriles is 1. The molecule has 2 aromatic carbocycles. The number of para-hydroxylation sites is 1. The van der Waals surface area contributed by atoms with Gasteiger partial charge >= 0.3 is 0 Å². The molecule has 0 unspecified atom stereocenters. The number of rotatable bonds is 3. The Morgan fingerprint density at radius 3 is 2.43 bits per heavy atom. The summed E-state index contributed by atoms with van der Waals surface area (Å²) in [6.07, 6.45) is 0. The van der Waals surface area contributed by atoms with Gasteiger partial charge in [-0.05, 0) is 36.8 Å². The highest BCUT2D eigenvalue weighted by Gasteiger charge is 2.23. The molecule has 0 radical (unpaired) electrons. The molecule has 0 atom stereocenters. The Morgan fingerprint density at radius 2 is 1.86 bits per heavy atom. The summed E-state index contributed by atoms with van der Waals surface area (Å²) in [6, 6.07) is 13.2. The van der Waals surface area contributed by atoms with E-state index in [1.165, 1.54) is 29.6 Å². The lowest BCUT2D eigenvalue weighted by atomic mass is 10.2. The van der Waals surface area contributed by atoms with Gasteiger partial charge in [0.05, 0.1) is 21.2 Å². The maximum atomic E-state index is 12.6. The van der Waals surface area contributed by atoms with Crippen LogP contribution in [0.2, 0.25) is 5.02 Å². The van der Waals surface area contributed by atoms with Gasteiger partial charge in [0.15, 0.2) is 0 Å². The molecule has 0 N–H and O–H groups in total. The molecule has 0 aromatic heterocycles. The van der Waals surface area contributed by atoms with Gasteiger partial charge in [-0.15, -0.1) is 0 Å². The lowest BCUT2D eigenvalue weighted by Crippen LogP contribution is -2.27. The van der Waals surface area contributed by atoms with Gasteiger partial charge in [0.1, 0.15) is 6.07 Å². The fourth-order valence-corrected chi connectivity index (χ4v) is 3.53. The van der Waals surface area contributed by atoms with Crippen molar-refractivity contribution in [3.8, 4) is 6.07 Å². The number of halogens is 1. The van der Waals surface area contributed by atoms with Crippen LogP contribution in [0.1, 0.15) is 11.1 Å². The van der Waals surface area contributed by atoms with Crippen LogP contribution in [0.15, 0.2) is 47.4 Å². The van der Waals surface area contributed by atoms with Crippen molar-refractivity contribution in [1.82, 2.24) is 0 Å². The topological polar surface area (TPSA) is 61.2 Å². The summed E-state index contributed by atoms with van der Waals surface area (Å²) < 4.78 is 26.5. The van der Waals surface area contributed by atoms with Crippen LogP contribution in [0.5, 0.6) is 0 Å². The molecular weight excluding hydrogens is 308 g/mol. The average molecular weight is 321 g/mol. The molecule has 0 aliphatic rings. The van der Waals surface area contributed by atoms with E-state index in [4.69, 9.17) is 16.9 Å². The Labute approximate surface area is 129 Å². The summed E-state index contributed by atoms with van der Waals surface area (Å²) in [5.74, 6) is 0. The molecule has 0 saturated heterocycles. The predicted molar refractivity (Wildman–Crippen MR) is 82.9 cm³/mol. The Kier molecular flexibility index (Phi) is 4.21. The van der Waals surface area contributed by atoms with E-state index in [1.54, 1.807) is 12.1 Å². The Balaban J connectivity index is 2.50. The largest absolute Gasteiger partial charge is 0.269 e. The smallest absolute Gasteiger partial charge is 0.264 e. The van der Waals surface area contributed by atoms with Gasteiger partial charge in [-0.1, -0.05) is 29.8 Å². The highest BCUT2D eigenvalue weighted by molar-refractivity contribution is 7.92. The van der Waals surface area contributed by atoms with Crippen molar-refractivity contribution in [2.24, 2.45) is 0 Å². The van der Waals surface area contributed by atoms with E-state index in [0.717, 1.165) is 5.56 Å². The maximum Gasteiger partial charge on any atom is 0.264 e. The second-order valence-corrected chi connectivity index (χ2v) is 6.89. The second-order valence-electron chi connectivity index (χ2n) is 4.51. The Bertz CT molecular complexity index is 826. The van der Waals surface area contributed by atoms with Crippen molar-refractivity contribution in [2.75, 3.05) is 11.4 Å². The predicted octanol–water partition coefficient (Wildman–Crippen LogP) is 3.35. The van der Waals surface area contributed by atoms with Gasteiger partial charge in [0, 0.05) is 7.05 Å². The molecule has 0 fully saturated rings. The first kappa shape index (κ1) is 15.4. The average Bonchev–Trinajstić information content (AvgIpc) is 2.47. The number of hydrogen-bond acceptors (Lipinski definition) is 3. The van der Waals surface area contributed by atoms with E-state index in [1.807, 2.05) is 25.1 Å². The number of aryl methyl sites for hydroxylation is 1. The molecule has 2 rings (SSSR count). The minimum Gasteiger partial charge on any atom is -0.269 e. The van der Waals surface area contributed by atoms with Crippen LogP contribution in [-0.2, 0) is 10.0 Å². The van der Waals surface area contributed by atoms with Crippen LogP contribution in [0.4, 0.5) is 5.69 Å². The van der Waals surface area contributed by atoms with Crippen LogP contribution < -0.4 is 4.31 Å². The molecule has 4 nitrogen and oxygen atoms in total. The standard InChI is InChI=1S/C15H13ClN2O2S/c1-11-5-3-4-6-15(11)18(2)21(19,20)13-8-7-12(10-17)14(16)9-13/h3-9H,1-2H3. The first-order valence-corrected chi connectivity index (χ1v) is 7.94. The Hall–Kier alpha value is -2.03. The van der Waals surface area contributed by atoms with E-state index < -0.39 is 10.0 Å². The number of anilines is 1. The zero-order valence-electron chi connectivity index (χ0n) is 11.5. The van der Waals surface area contributed by atoms with E-state index in [2.05, 4.69) is 0 Å². The Morgan fingerprint density at radius 1 is 1.19 bits per heavy atom. The highest BCUT2D eigenvalue weighted by Crippen LogP contribution is 2.27. The quantitative estimate of drug-likeness (QED) is 0.871. The van der Waals surface area contributed by atoms with Crippen molar-refractivity contribution in [1.29, 1.82) is 5.26 Å². The first-order chi connectivity index (χ1) is 9.87. The highest BCUT2D eigenvalue weighted by atomic mass is 35.5. The molecule has 0 bridgehead atoms. The summed E-state index contributed by atoms with van der Waals surface area (Å²) >= 11 is 5.91. The van der Waals surface area contributed by atoms with E-state index in [9.17, 15) is 8.42 Å². The molecule has 2 aromatic rings. The summed E-state index contributed by atoms with van der Waals surface area (Å²) in [7, 11) is -2.23. The normalized spacial score (nSPS) is 11.0. The fourth-order valence-electron chi connectivity index (χ4n) is 1.95. The van der Waals surface area contributed by atoms with Crippen LogP contribution >= 0.6 is 11.6 Å². The monoisotopic (exact) mass is 320 g/mol. The van der Waals surface area contributed by atoms with Crippen LogP contribution in [-0.4, -0.2) is 15.5 Å². The third kappa shape index (κ3) is 2.87.